The summed E-state index contributed by atoms with van der Waals surface area (Å²) in [6, 6.07) is 4.95. The lowest BCUT2D eigenvalue weighted by atomic mass is 9.89. The average molecular weight is 330 g/mol. The molecule has 7 heteroatoms. The molecular formula is C15H20ClNO5. The van der Waals surface area contributed by atoms with Gasteiger partial charge in [0.05, 0.1) is 22.7 Å². The number of carbonyl (C=O) groups excluding carboxylic acids is 1. The van der Waals surface area contributed by atoms with Gasteiger partial charge < -0.3 is 19.9 Å². The number of rotatable bonds is 8. The van der Waals surface area contributed by atoms with Gasteiger partial charge in [0.25, 0.3) is 0 Å². The molecule has 0 bridgehead atoms. The predicted molar refractivity (Wildman–Crippen MR) is 83.5 cm³/mol. The van der Waals surface area contributed by atoms with Crippen molar-refractivity contribution in [1.82, 2.24) is 0 Å². The Labute approximate surface area is 134 Å². The minimum Gasteiger partial charge on any atom is -0.487 e. The molecule has 0 saturated carbocycles. The van der Waals surface area contributed by atoms with Gasteiger partial charge in [-0.2, -0.15) is 0 Å². The van der Waals surface area contributed by atoms with E-state index in [-0.39, 0.29) is 13.0 Å². The van der Waals surface area contributed by atoms with Crippen molar-refractivity contribution in [2.24, 2.45) is 5.41 Å². The molecule has 0 atom stereocenters. The number of anilines is 1. The maximum atomic E-state index is 12.0. The fourth-order valence-corrected chi connectivity index (χ4v) is 1.88. The molecule has 0 saturated heterocycles. The summed E-state index contributed by atoms with van der Waals surface area (Å²) < 4.78 is 10.4. The Morgan fingerprint density at radius 1 is 1.32 bits per heavy atom. The van der Waals surface area contributed by atoms with E-state index in [2.05, 4.69) is 5.32 Å². The number of para-hydroxylation sites is 1. The Balaban J connectivity index is 2.82. The Morgan fingerprint density at radius 3 is 2.59 bits per heavy atom. The summed E-state index contributed by atoms with van der Waals surface area (Å²) in [4.78, 5) is 23.1. The zero-order valence-electron chi connectivity index (χ0n) is 12.8. The number of hydrogen-bond donors (Lipinski definition) is 2. The van der Waals surface area contributed by atoms with Crippen LogP contribution in [0.25, 0.3) is 0 Å². The third kappa shape index (κ3) is 5.20. The van der Waals surface area contributed by atoms with Crippen LogP contribution >= 0.6 is 11.6 Å². The number of benzene rings is 1. The maximum absolute atomic E-state index is 12.0. The Kier molecular flexibility index (Phi) is 6.64. The van der Waals surface area contributed by atoms with E-state index in [0.29, 0.717) is 23.1 Å². The fourth-order valence-electron chi connectivity index (χ4n) is 1.65. The van der Waals surface area contributed by atoms with E-state index in [1.165, 1.54) is 13.8 Å². The van der Waals surface area contributed by atoms with Crippen molar-refractivity contribution >= 4 is 29.2 Å². The van der Waals surface area contributed by atoms with Gasteiger partial charge in [0.2, 0.25) is 5.91 Å². The van der Waals surface area contributed by atoms with Gasteiger partial charge in [0.15, 0.2) is 5.75 Å². The van der Waals surface area contributed by atoms with Gasteiger partial charge in [0, 0.05) is 13.5 Å². The molecule has 0 spiro atoms. The lowest BCUT2D eigenvalue weighted by Gasteiger charge is -2.19. The van der Waals surface area contributed by atoms with Crippen LogP contribution < -0.4 is 10.1 Å². The third-order valence-electron chi connectivity index (χ3n) is 2.96. The molecule has 6 nitrogen and oxygen atoms in total. The third-order valence-corrected chi connectivity index (χ3v) is 3.25. The SMILES string of the molecule is COCCOc1c(Cl)cccc1NC(=O)CC(C)(C)C(=O)O. The first-order valence-electron chi connectivity index (χ1n) is 6.71. The second-order valence-electron chi connectivity index (χ2n) is 5.37. The van der Waals surface area contributed by atoms with Crippen LogP contribution in [0.5, 0.6) is 5.75 Å². The number of carboxylic acids is 1. The minimum absolute atomic E-state index is 0.160. The van der Waals surface area contributed by atoms with Crippen LogP contribution in [-0.4, -0.2) is 37.3 Å². The highest BCUT2D eigenvalue weighted by Gasteiger charge is 2.30. The van der Waals surface area contributed by atoms with E-state index < -0.39 is 17.3 Å². The zero-order chi connectivity index (χ0) is 16.8. The van der Waals surface area contributed by atoms with Crippen LogP contribution in [0, 0.1) is 5.41 Å². The zero-order valence-corrected chi connectivity index (χ0v) is 13.6. The molecule has 0 fully saturated rings. The molecule has 1 rings (SSSR count). The molecule has 0 radical (unpaired) electrons. The van der Waals surface area contributed by atoms with Gasteiger partial charge in [-0.05, 0) is 26.0 Å². The van der Waals surface area contributed by atoms with Gasteiger partial charge in [-0.15, -0.1) is 0 Å². The lowest BCUT2D eigenvalue weighted by Crippen LogP contribution is -2.29. The van der Waals surface area contributed by atoms with Gasteiger partial charge in [-0.25, -0.2) is 0 Å². The topological polar surface area (TPSA) is 84.9 Å². The van der Waals surface area contributed by atoms with E-state index in [1.807, 2.05) is 0 Å². The van der Waals surface area contributed by atoms with Gasteiger partial charge in [-0.3, -0.25) is 9.59 Å². The molecule has 0 aliphatic carbocycles. The van der Waals surface area contributed by atoms with Crippen molar-refractivity contribution in [2.45, 2.75) is 20.3 Å². The molecule has 1 aromatic carbocycles. The number of ether oxygens (including phenoxy) is 2. The second-order valence-corrected chi connectivity index (χ2v) is 5.78. The van der Waals surface area contributed by atoms with Crippen molar-refractivity contribution in [1.29, 1.82) is 0 Å². The second kappa shape index (κ2) is 8.00. The average Bonchev–Trinajstić information content (AvgIpc) is 2.41. The van der Waals surface area contributed by atoms with Crippen LogP contribution in [-0.2, 0) is 14.3 Å². The first-order chi connectivity index (χ1) is 10.3. The summed E-state index contributed by atoms with van der Waals surface area (Å²) in [6.07, 6.45) is -0.160. The van der Waals surface area contributed by atoms with E-state index in [1.54, 1.807) is 25.3 Å². The number of nitrogens with one attached hydrogen (secondary N) is 1. The number of hydrogen-bond acceptors (Lipinski definition) is 4. The van der Waals surface area contributed by atoms with Crippen LogP contribution in [0.2, 0.25) is 5.02 Å². The van der Waals surface area contributed by atoms with E-state index in [4.69, 9.17) is 26.2 Å². The van der Waals surface area contributed by atoms with E-state index >= 15 is 0 Å². The summed E-state index contributed by atoms with van der Waals surface area (Å²) >= 11 is 6.06. The summed E-state index contributed by atoms with van der Waals surface area (Å²) in [5.74, 6) is -1.13. The number of carboxylic acid groups (broad SMARTS) is 1. The first-order valence-corrected chi connectivity index (χ1v) is 7.09. The molecule has 1 amide bonds. The maximum Gasteiger partial charge on any atom is 0.309 e. The number of amides is 1. The smallest absolute Gasteiger partial charge is 0.309 e. The van der Waals surface area contributed by atoms with Crippen molar-refractivity contribution < 1.29 is 24.2 Å². The molecule has 122 valence electrons. The highest BCUT2D eigenvalue weighted by Crippen LogP contribution is 2.33. The molecule has 0 aliphatic rings. The molecule has 0 aliphatic heterocycles. The van der Waals surface area contributed by atoms with Crippen LogP contribution in [0.1, 0.15) is 20.3 Å². The van der Waals surface area contributed by atoms with Gasteiger partial charge >= 0.3 is 5.97 Å². The summed E-state index contributed by atoms with van der Waals surface area (Å²) in [5, 5.41) is 12.0. The molecule has 22 heavy (non-hydrogen) atoms. The van der Waals surface area contributed by atoms with Gasteiger partial charge in [0.1, 0.15) is 6.61 Å². The summed E-state index contributed by atoms with van der Waals surface area (Å²) in [5.41, 5.74) is -0.755. The van der Waals surface area contributed by atoms with Crippen LogP contribution in [0.15, 0.2) is 18.2 Å². The molecule has 0 aromatic heterocycles. The van der Waals surface area contributed by atoms with Crippen molar-refractivity contribution in [3.05, 3.63) is 23.2 Å². The first kappa shape index (κ1) is 18.3. The normalized spacial score (nSPS) is 11.1. The summed E-state index contributed by atoms with van der Waals surface area (Å²) in [6.45, 7) is 3.64. The number of halogens is 1. The number of methoxy groups -OCH3 is 1. The molecule has 1 aromatic rings. The molecule has 0 heterocycles. The number of aliphatic carboxylic acids is 1. The van der Waals surface area contributed by atoms with E-state index in [0.717, 1.165) is 0 Å². The highest BCUT2D eigenvalue weighted by molar-refractivity contribution is 6.32. The quantitative estimate of drug-likeness (QED) is 0.716. The monoisotopic (exact) mass is 329 g/mol. The Morgan fingerprint density at radius 2 is 2.00 bits per heavy atom. The Hall–Kier alpha value is -1.79. The largest absolute Gasteiger partial charge is 0.487 e. The summed E-state index contributed by atoms with van der Waals surface area (Å²) in [7, 11) is 1.55. The fraction of sp³-hybridized carbons (Fsp3) is 0.467. The highest BCUT2D eigenvalue weighted by atomic mass is 35.5. The van der Waals surface area contributed by atoms with E-state index in [9.17, 15) is 9.59 Å². The molecule has 0 unspecified atom stereocenters. The molecule has 2 N–H and O–H groups in total. The standard InChI is InChI=1S/C15H20ClNO5/c1-15(2,14(19)20)9-12(18)17-11-6-4-5-10(16)13(11)22-8-7-21-3/h4-6H,7-9H2,1-3H3,(H,17,18)(H,19,20). The van der Waals surface area contributed by atoms with Crippen LogP contribution in [0.3, 0.4) is 0 Å². The number of carbonyl (C=O) groups is 2. The minimum atomic E-state index is -1.15. The van der Waals surface area contributed by atoms with Crippen molar-refractivity contribution in [3.8, 4) is 5.75 Å². The molecular weight excluding hydrogens is 310 g/mol. The predicted octanol–water partition coefficient (Wildman–Crippen LogP) is 2.80. The lowest BCUT2D eigenvalue weighted by molar-refractivity contribution is -0.148. The van der Waals surface area contributed by atoms with Crippen LogP contribution in [0.4, 0.5) is 5.69 Å². The van der Waals surface area contributed by atoms with Crippen molar-refractivity contribution in [3.63, 3.8) is 0 Å². The van der Waals surface area contributed by atoms with Gasteiger partial charge in [-0.1, -0.05) is 17.7 Å². The Bertz CT molecular complexity index is 545. The van der Waals surface area contributed by atoms with Crippen molar-refractivity contribution in [2.75, 3.05) is 25.6 Å².